The third-order valence-corrected chi connectivity index (χ3v) is 5.33. The lowest BCUT2D eigenvalue weighted by atomic mass is 9.79. The van der Waals surface area contributed by atoms with Crippen molar-refractivity contribution in [2.24, 2.45) is 11.1 Å². The first kappa shape index (κ1) is 13.9. The molecule has 1 atom stereocenters. The molecule has 0 radical (unpaired) electrons. The lowest BCUT2D eigenvalue weighted by molar-refractivity contribution is 0.227. The van der Waals surface area contributed by atoms with Gasteiger partial charge in [-0.3, -0.25) is 0 Å². The summed E-state index contributed by atoms with van der Waals surface area (Å²) in [6.45, 7) is 6.31. The van der Waals surface area contributed by atoms with Crippen molar-refractivity contribution in [1.82, 2.24) is 5.32 Å². The van der Waals surface area contributed by atoms with E-state index in [-0.39, 0.29) is 5.54 Å². The zero-order valence-corrected chi connectivity index (χ0v) is 12.2. The Balaban J connectivity index is 2.00. The van der Waals surface area contributed by atoms with Gasteiger partial charge >= 0.3 is 0 Å². The predicted molar refractivity (Wildman–Crippen MR) is 80.8 cm³/mol. The lowest BCUT2D eigenvalue weighted by Crippen LogP contribution is -2.57. The van der Waals surface area contributed by atoms with E-state index in [1.807, 2.05) is 11.8 Å². The van der Waals surface area contributed by atoms with Gasteiger partial charge in [0.25, 0.3) is 0 Å². The molecule has 1 aliphatic heterocycles. The average Bonchev–Trinajstić information content (AvgIpc) is 2.37. The van der Waals surface area contributed by atoms with Crippen LogP contribution in [0.5, 0.6) is 0 Å². The Bertz CT molecular complexity index is 377. The molecule has 0 amide bonds. The van der Waals surface area contributed by atoms with Gasteiger partial charge in [0.1, 0.15) is 0 Å². The van der Waals surface area contributed by atoms with Gasteiger partial charge in [-0.25, -0.2) is 0 Å². The smallest absolute Gasteiger partial charge is 0.0403 e. The zero-order chi connectivity index (χ0) is 13.1. The van der Waals surface area contributed by atoms with E-state index in [0.717, 1.165) is 25.3 Å². The van der Waals surface area contributed by atoms with E-state index in [9.17, 15) is 0 Å². The Kier molecular flexibility index (Phi) is 4.36. The standard InChI is InChI=1S/C15H24N2S/c1-14(2)9-15(10-16,12-18-11-14)17-8-13-6-4-3-5-7-13/h3-7,17H,8-12,16H2,1-2H3. The maximum absolute atomic E-state index is 6.05. The second-order valence-corrected chi connectivity index (χ2v) is 7.14. The molecule has 1 heterocycles. The van der Waals surface area contributed by atoms with E-state index in [1.54, 1.807) is 0 Å². The maximum Gasteiger partial charge on any atom is 0.0403 e. The van der Waals surface area contributed by atoms with Crippen molar-refractivity contribution in [3.63, 3.8) is 0 Å². The van der Waals surface area contributed by atoms with Crippen LogP contribution in [-0.4, -0.2) is 23.6 Å². The SMILES string of the molecule is CC1(C)CSCC(CN)(NCc2ccccc2)C1. The molecular weight excluding hydrogens is 240 g/mol. The molecule has 100 valence electrons. The molecule has 0 bridgehead atoms. The molecule has 1 fully saturated rings. The van der Waals surface area contributed by atoms with Gasteiger partial charge in [-0.2, -0.15) is 11.8 Å². The number of hydrogen-bond donors (Lipinski definition) is 2. The first-order chi connectivity index (χ1) is 8.55. The van der Waals surface area contributed by atoms with Gasteiger partial charge in [0.2, 0.25) is 0 Å². The summed E-state index contributed by atoms with van der Waals surface area (Å²) in [7, 11) is 0. The van der Waals surface area contributed by atoms with Crippen molar-refractivity contribution in [3.05, 3.63) is 35.9 Å². The number of thioether (sulfide) groups is 1. The number of rotatable bonds is 4. The Morgan fingerprint density at radius 3 is 2.56 bits per heavy atom. The summed E-state index contributed by atoms with van der Waals surface area (Å²) in [4.78, 5) is 0. The Morgan fingerprint density at radius 1 is 1.22 bits per heavy atom. The molecule has 3 heteroatoms. The minimum absolute atomic E-state index is 0.0995. The molecule has 1 aromatic rings. The van der Waals surface area contributed by atoms with E-state index < -0.39 is 0 Å². The molecule has 0 aliphatic carbocycles. The van der Waals surface area contributed by atoms with Crippen LogP contribution in [0.15, 0.2) is 30.3 Å². The Labute approximate surface area is 115 Å². The van der Waals surface area contributed by atoms with Crippen LogP contribution >= 0.6 is 11.8 Å². The molecule has 1 saturated heterocycles. The van der Waals surface area contributed by atoms with Crippen molar-refractivity contribution in [3.8, 4) is 0 Å². The highest BCUT2D eigenvalue weighted by Gasteiger charge is 2.39. The van der Waals surface area contributed by atoms with Gasteiger partial charge in [0.05, 0.1) is 0 Å². The monoisotopic (exact) mass is 264 g/mol. The van der Waals surface area contributed by atoms with Crippen molar-refractivity contribution >= 4 is 11.8 Å². The molecule has 0 spiro atoms. The van der Waals surface area contributed by atoms with Crippen LogP contribution < -0.4 is 11.1 Å². The summed E-state index contributed by atoms with van der Waals surface area (Å²) in [5.41, 5.74) is 7.86. The summed E-state index contributed by atoms with van der Waals surface area (Å²) in [5, 5.41) is 3.71. The summed E-state index contributed by atoms with van der Waals surface area (Å²) >= 11 is 2.03. The fourth-order valence-electron chi connectivity index (χ4n) is 2.74. The minimum Gasteiger partial charge on any atom is -0.329 e. The quantitative estimate of drug-likeness (QED) is 0.878. The molecule has 1 aliphatic rings. The van der Waals surface area contributed by atoms with Crippen LogP contribution in [0, 0.1) is 5.41 Å². The highest BCUT2D eigenvalue weighted by molar-refractivity contribution is 7.99. The predicted octanol–water partition coefficient (Wildman–Crippen LogP) is 2.64. The lowest BCUT2D eigenvalue weighted by Gasteiger charge is -2.44. The Hall–Kier alpha value is -0.510. The van der Waals surface area contributed by atoms with Crippen LogP contribution in [-0.2, 0) is 6.54 Å². The maximum atomic E-state index is 6.05. The molecule has 2 nitrogen and oxygen atoms in total. The molecular formula is C15H24N2S. The van der Waals surface area contributed by atoms with Gasteiger partial charge in [0, 0.05) is 24.4 Å². The molecule has 0 saturated carbocycles. The largest absolute Gasteiger partial charge is 0.329 e. The van der Waals surface area contributed by atoms with Gasteiger partial charge in [-0.05, 0) is 23.2 Å². The first-order valence-corrected chi connectivity index (χ1v) is 7.78. The highest BCUT2D eigenvalue weighted by atomic mass is 32.2. The van der Waals surface area contributed by atoms with Gasteiger partial charge in [-0.15, -0.1) is 0 Å². The number of nitrogens with two attached hydrogens (primary N) is 1. The summed E-state index contributed by atoms with van der Waals surface area (Å²) < 4.78 is 0. The first-order valence-electron chi connectivity index (χ1n) is 6.62. The molecule has 18 heavy (non-hydrogen) atoms. The van der Waals surface area contributed by atoms with E-state index in [4.69, 9.17) is 5.73 Å². The van der Waals surface area contributed by atoms with Crippen molar-refractivity contribution in [2.45, 2.75) is 32.4 Å². The topological polar surface area (TPSA) is 38.0 Å². The van der Waals surface area contributed by atoms with Crippen LogP contribution in [0.2, 0.25) is 0 Å². The van der Waals surface area contributed by atoms with Crippen molar-refractivity contribution in [2.75, 3.05) is 18.1 Å². The summed E-state index contributed by atoms with van der Waals surface area (Å²) in [6.07, 6.45) is 1.16. The van der Waals surface area contributed by atoms with E-state index in [0.29, 0.717) is 5.41 Å². The van der Waals surface area contributed by atoms with Crippen LogP contribution in [0.25, 0.3) is 0 Å². The summed E-state index contributed by atoms with van der Waals surface area (Å²) in [6, 6.07) is 10.6. The van der Waals surface area contributed by atoms with Gasteiger partial charge in [-0.1, -0.05) is 44.2 Å². The number of benzene rings is 1. The molecule has 1 unspecified atom stereocenters. The van der Waals surface area contributed by atoms with Crippen molar-refractivity contribution in [1.29, 1.82) is 0 Å². The third-order valence-electron chi connectivity index (χ3n) is 3.59. The average molecular weight is 264 g/mol. The van der Waals surface area contributed by atoms with Crippen molar-refractivity contribution < 1.29 is 0 Å². The second-order valence-electron chi connectivity index (χ2n) is 6.16. The third kappa shape index (κ3) is 3.50. The van der Waals surface area contributed by atoms with Crippen LogP contribution in [0.3, 0.4) is 0 Å². The fraction of sp³-hybridized carbons (Fsp3) is 0.600. The highest BCUT2D eigenvalue weighted by Crippen LogP contribution is 2.38. The Morgan fingerprint density at radius 2 is 1.94 bits per heavy atom. The van der Waals surface area contributed by atoms with Gasteiger partial charge in [0.15, 0.2) is 0 Å². The minimum atomic E-state index is 0.0995. The molecule has 0 aromatic heterocycles. The van der Waals surface area contributed by atoms with Crippen LogP contribution in [0.4, 0.5) is 0 Å². The van der Waals surface area contributed by atoms with E-state index in [1.165, 1.54) is 11.3 Å². The number of nitrogens with one attached hydrogen (secondary N) is 1. The molecule has 2 rings (SSSR count). The normalized spacial score (nSPS) is 27.1. The van der Waals surface area contributed by atoms with Crippen LogP contribution in [0.1, 0.15) is 25.8 Å². The summed E-state index contributed by atoms with van der Waals surface area (Å²) in [5.74, 6) is 2.36. The fourth-order valence-corrected chi connectivity index (χ4v) is 4.21. The molecule has 1 aromatic carbocycles. The number of hydrogen-bond acceptors (Lipinski definition) is 3. The second kappa shape index (κ2) is 5.64. The zero-order valence-electron chi connectivity index (χ0n) is 11.4. The van der Waals surface area contributed by atoms with Gasteiger partial charge < -0.3 is 11.1 Å². The molecule has 3 N–H and O–H groups in total. The van der Waals surface area contributed by atoms with E-state index >= 15 is 0 Å². The van der Waals surface area contributed by atoms with E-state index in [2.05, 4.69) is 49.5 Å².